The van der Waals surface area contributed by atoms with E-state index in [0.29, 0.717) is 5.56 Å². The van der Waals surface area contributed by atoms with Gasteiger partial charge in [-0.05, 0) is 48.0 Å². The maximum atomic E-state index is 10.8. The third kappa shape index (κ3) is 1.80. The van der Waals surface area contributed by atoms with Crippen molar-refractivity contribution in [3.8, 4) is 5.82 Å². The molecule has 0 radical (unpaired) electrons. The molecular formula is C12H11BrN2O. The highest BCUT2D eigenvalue weighted by molar-refractivity contribution is 9.10. The van der Waals surface area contributed by atoms with E-state index in [2.05, 4.69) is 20.9 Å². The molecule has 0 atom stereocenters. The molecule has 2 heterocycles. The van der Waals surface area contributed by atoms with E-state index in [1.165, 1.54) is 0 Å². The molecule has 0 aliphatic rings. The molecule has 0 aliphatic carbocycles. The maximum Gasteiger partial charge on any atom is 0.151 e. The summed E-state index contributed by atoms with van der Waals surface area (Å²) in [4.78, 5) is 15.2. The molecule has 2 aromatic heterocycles. The summed E-state index contributed by atoms with van der Waals surface area (Å²) in [5.41, 5.74) is 2.64. The van der Waals surface area contributed by atoms with Gasteiger partial charge in [0.1, 0.15) is 5.82 Å². The van der Waals surface area contributed by atoms with Crippen LogP contribution in [0.4, 0.5) is 0 Å². The van der Waals surface area contributed by atoms with Gasteiger partial charge in [0.05, 0.1) is 0 Å². The molecule has 2 rings (SSSR count). The number of hydrogen-bond donors (Lipinski definition) is 0. The molecule has 3 nitrogen and oxygen atoms in total. The fourth-order valence-electron chi connectivity index (χ4n) is 1.76. The van der Waals surface area contributed by atoms with E-state index in [1.807, 2.05) is 36.6 Å². The van der Waals surface area contributed by atoms with Gasteiger partial charge in [0.15, 0.2) is 6.29 Å². The summed E-state index contributed by atoms with van der Waals surface area (Å²) >= 11 is 3.35. The predicted octanol–water partition coefficient (Wildman–Crippen LogP) is 3.06. The van der Waals surface area contributed by atoms with E-state index in [9.17, 15) is 4.79 Å². The standard InChI is InChI=1S/C12H11BrN2O/c1-8-5-10(7-16)9(2)15(8)12-4-3-11(13)6-14-12/h3-7H,1-2H3. The Hall–Kier alpha value is -1.42. The van der Waals surface area contributed by atoms with E-state index in [0.717, 1.165) is 28.0 Å². The Morgan fingerprint density at radius 2 is 2.12 bits per heavy atom. The zero-order chi connectivity index (χ0) is 11.7. The highest BCUT2D eigenvalue weighted by Crippen LogP contribution is 2.19. The summed E-state index contributed by atoms with van der Waals surface area (Å²) < 4.78 is 2.91. The van der Waals surface area contributed by atoms with Crippen LogP contribution in [0.3, 0.4) is 0 Å². The van der Waals surface area contributed by atoms with Crippen LogP contribution in [0.1, 0.15) is 21.7 Å². The van der Waals surface area contributed by atoms with Crippen LogP contribution in [0, 0.1) is 13.8 Å². The number of carbonyl (C=O) groups excluding carboxylic acids is 1. The molecular weight excluding hydrogens is 268 g/mol. The smallest absolute Gasteiger partial charge is 0.151 e. The number of aldehydes is 1. The Morgan fingerprint density at radius 1 is 1.38 bits per heavy atom. The van der Waals surface area contributed by atoms with Gasteiger partial charge in [0, 0.05) is 27.6 Å². The molecule has 0 saturated heterocycles. The van der Waals surface area contributed by atoms with Crippen molar-refractivity contribution >= 4 is 22.2 Å². The number of hydrogen-bond acceptors (Lipinski definition) is 2. The number of rotatable bonds is 2. The second-order valence-electron chi connectivity index (χ2n) is 3.61. The molecule has 0 aromatic carbocycles. The average Bonchev–Trinajstić information content (AvgIpc) is 2.56. The Balaban J connectivity index is 2.59. The Bertz CT molecular complexity index is 529. The highest BCUT2D eigenvalue weighted by Gasteiger charge is 2.10. The molecule has 0 amide bonds. The van der Waals surface area contributed by atoms with Crippen molar-refractivity contribution in [2.24, 2.45) is 0 Å². The van der Waals surface area contributed by atoms with Crippen molar-refractivity contribution in [3.05, 3.63) is 45.8 Å². The van der Waals surface area contributed by atoms with Gasteiger partial charge >= 0.3 is 0 Å². The normalized spacial score (nSPS) is 10.4. The number of aryl methyl sites for hydroxylation is 1. The van der Waals surface area contributed by atoms with Crippen molar-refractivity contribution in [3.63, 3.8) is 0 Å². The molecule has 0 bridgehead atoms. The molecule has 82 valence electrons. The van der Waals surface area contributed by atoms with Crippen LogP contribution in [-0.2, 0) is 0 Å². The molecule has 0 fully saturated rings. The van der Waals surface area contributed by atoms with Gasteiger partial charge in [0.2, 0.25) is 0 Å². The van der Waals surface area contributed by atoms with Crippen LogP contribution in [0.2, 0.25) is 0 Å². The number of carbonyl (C=O) groups is 1. The lowest BCUT2D eigenvalue weighted by Gasteiger charge is -2.07. The van der Waals surface area contributed by atoms with Gasteiger partial charge in [-0.15, -0.1) is 0 Å². The third-order valence-corrected chi connectivity index (χ3v) is 3.01. The Labute approximate surface area is 102 Å². The van der Waals surface area contributed by atoms with Gasteiger partial charge in [-0.1, -0.05) is 0 Å². The van der Waals surface area contributed by atoms with Gasteiger partial charge in [0.25, 0.3) is 0 Å². The lowest BCUT2D eigenvalue weighted by atomic mass is 10.3. The van der Waals surface area contributed by atoms with Crippen LogP contribution in [0.15, 0.2) is 28.9 Å². The van der Waals surface area contributed by atoms with E-state index >= 15 is 0 Å². The van der Waals surface area contributed by atoms with Crippen LogP contribution in [0.5, 0.6) is 0 Å². The minimum Gasteiger partial charge on any atom is -0.302 e. The fraction of sp³-hybridized carbons (Fsp3) is 0.167. The van der Waals surface area contributed by atoms with Crippen molar-refractivity contribution in [2.75, 3.05) is 0 Å². The lowest BCUT2D eigenvalue weighted by Crippen LogP contribution is -2.01. The lowest BCUT2D eigenvalue weighted by molar-refractivity contribution is 0.112. The second-order valence-corrected chi connectivity index (χ2v) is 4.53. The molecule has 16 heavy (non-hydrogen) atoms. The van der Waals surface area contributed by atoms with Crippen molar-refractivity contribution < 1.29 is 4.79 Å². The first kappa shape index (κ1) is 11.1. The van der Waals surface area contributed by atoms with Gasteiger partial charge in [-0.25, -0.2) is 4.98 Å². The van der Waals surface area contributed by atoms with Gasteiger partial charge in [-0.3, -0.25) is 4.79 Å². The van der Waals surface area contributed by atoms with Crippen LogP contribution < -0.4 is 0 Å². The summed E-state index contributed by atoms with van der Waals surface area (Å²) in [6, 6.07) is 5.71. The molecule has 2 aromatic rings. The summed E-state index contributed by atoms with van der Waals surface area (Å²) in [6.07, 6.45) is 2.62. The van der Waals surface area contributed by atoms with E-state index in [4.69, 9.17) is 0 Å². The first-order valence-electron chi connectivity index (χ1n) is 4.89. The van der Waals surface area contributed by atoms with Gasteiger partial charge < -0.3 is 4.57 Å². The number of halogens is 1. The molecule has 0 N–H and O–H groups in total. The van der Waals surface area contributed by atoms with E-state index in [-0.39, 0.29) is 0 Å². The van der Waals surface area contributed by atoms with Crippen LogP contribution >= 0.6 is 15.9 Å². The predicted molar refractivity (Wildman–Crippen MR) is 66.1 cm³/mol. The highest BCUT2D eigenvalue weighted by atomic mass is 79.9. The minimum atomic E-state index is 0.710. The monoisotopic (exact) mass is 278 g/mol. The van der Waals surface area contributed by atoms with Crippen molar-refractivity contribution in [2.45, 2.75) is 13.8 Å². The number of aromatic nitrogens is 2. The van der Waals surface area contributed by atoms with Crippen LogP contribution in [0.25, 0.3) is 5.82 Å². The SMILES string of the molecule is Cc1cc(C=O)c(C)n1-c1ccc(Br)cn1. The maximum absolute atomic E-state index is 10.8. The molecule has 0 aliphatic heterocycles. The number of nitrogens with zero attached hydrogens (tertiary/aromatic N) is 2. The molecule has 4 heteroatoms. The quantitative estimate of drug-likeness (QED) is 0.792. The van der Waals surface area contributed by atoms with Crippen LogP contribution in [-0.4, -0.2) is 15.8 Å². The van der Waals surface area contributed by atoms with Crippen molar-refractivity contribution in [1.29, 1.82) is 0 Å². The Kier molecular flexibility index (Phi) is 2.92. The molecule has 0 spiro atoms. The largest absolute Gasteiger partial charge is 0.302 e. The first-order valence-corrected chi connectivity index (χ1v) is 5.69. The number of pyridine rings is 1. The average molecular weight is 279 g/mol. The van der Waals surface area contributed by atoms with E-state index in [1.54, 1.807) is 6.20 Å². The zero-order valence-corrected chi connectivity index (χ0v) is 10.7. The van der Waals surface area contributed by atoms with Crippen molar-refractivity contribution in [1.82, 2.24) is 9.55 Å². The summed E-state index contributed by atoms with van der Waals surface area (Å²) in [5, 5.41) is 0. The summed E-state index contributed by atoms with van der Waals surface area (Å²) in [5.74, 6) is 0.825. The summed E-state index contributed by atoms with van der Waals surface area (Å²) in [6.45, 7) is 3.88. The summed E-state index contributed by atoms with van der Waals surface area (Å²) in [7, 11) is 0. The van der Waals surface area contributed by atoms with E-state index < -0.39 is 0 Å². The molecule has 0 unspecified atom stereocenters. The zero-order valence-electron chi connectivity index (χ0n) is 9.07. The first-order chi connectivity index (χ1) is 7.63. The minimum absolute atomic E-state index is 0.710. The fourth-order valence-corrected chi connectivity index (χ4v) is 1.99. The topological polar surface area (TPSA) is 34.9 Å². The third-order valence-electron chi connectivity index (χ3n) is 2.54. The van der Waals surface area contributed by atoms with Gasteiger partial charge in [-0.2, -0.15) is 0 Å². The molecule has 0 saturated carbocycles. The second kappa shape index (κ2) is 4.22. The Morgan fingerprint density at radius 3 is 2.62 bits per heavy atom.